The monoisotopic (exact) mass is 390 g/mol. The van der Waals surface area contributed by atoms with Crippen molar-refractivity contribution in [2.24, 2.45) is 0 Å². The smallest absolute Gasteiger partial charge is 0.259 e. The number of nitrogen functional groups attached to an aromatic ring is 1. The predicted octanol–water partition coefficient (Wildman–Crippen LogP) is 3.75. The highest BCUT2D eigenvalue weighted by molar-refractivity contribution is 5.88. The van der Waals surface area contributed by atoms with E-state index in [-0.39, 0.29) is 11.6 Å². The first-order chi connectivity index (χ1) is 14.0. The van der Waals surface area contributed by atoms with E-state index >= 15 is 0 Å². The number of rotatable bonds is 3. The lowest BCUT2D eigenvalue weighted by atomic mass is 10.1. The molecule has 5 rings (SSSR count). The molecule has 0 spiro atoms. The number of anilines is 1. The number of benzene rings is 1. The van der Waals surface area contributed by atoms with Gasteiger partial charge in [-0.15, -0.1) is 0 Å². The highest BCUT2D eigenvalue weighted by Crippen LogP contribution is 2.36. The molecule has 150 valence electrons. The number of hydrogen-bond donors (Lipinski definition) is 1. The van der Waals surface area contributed by atoms with E-state index in [4.69, 9.17) is 5.73 Å². The third kappa shape index (κ3) is 3.16. The molecule has 4 aromatic rings. The third-order valence-corrected chi connectivity index (χ3v) is 5.33. The van der Waals surface area contributed by atoms with Crippen molar-refractivity contribution >= 4 is 27.6 Å². The minimum atomic E-state index is 0.0884. The highest BCUT2D eigenvalue weighted by atomic mass is 16.1. The van der Waals surface area contributed by atoms with Crippen molar-refractivity contribution in [3.8, 4) is 0 Å². The molecule has 29 heavy (non-hydrogen) atoms. The van der Waals surface area contributed by atoms with Crippen molar-refractivity contribution in [2.75, 3.05) is 5.73 Å². The molecular weight excluding hydrogens is 364 g/mol. The highest BCUT2D eigenvalue weighted by Gasteiger charge is 2.28. The van der Waals surface area contributed by atoms with Crippen LogP contribution in [0.25, 0.3) is 21.8 Å². The molecule has 7 nitrogen and oxygen atoms in total. The molecule has 1 fully saturated rings. The molecule has 1 aromatic carbocycles. The maximum Gasteiger partial charge on any atom is 0.259 e. The quantitative estimate of drug-likeness (QED) is 0.575. The maximum absolute atomic E-state index is 13.3. The number of fused-ring (bicyclic) bond motifs is 2. The summed E-state index contributed by atoms with van der Waals surface area (Å²) in [4.78, 5) is 21.7. The first-order valence-corrected chi connectivity index (χ1v) is 10.1. The van der Waals surface area contributed by atoms with Gasteiger partial charge in [0.15, 0.2) is 5.65 Å². The van der Waals surface area contributed by atoms with Gasteiger partial charge in [-0.3, -0.25) is 4.79 Å². The number of aromatic nitrogens is 5. The molecule has 1 aliphatic carbocycles. The molecule has 2 N–H and O–H groups in total. The van der Waals surface area contributed by atoms with Gasteiger partial charge < -0.3 is 10.3 Å². The summed E-state index contributed by atoms with van der Waals surface area (Å²) in [6, 6.07) is 8.36. The van der Waals surface area contributed by atoms with Crippen molar-refractivity contribution in [3.63, 3.8) is 0 Å². The first-order valence-electron chi connectivity index (χ1n) is 10.1. The van der Waals surface area contributed by atoms with Crippen LogP contribution in [0.5, 0.6) is 0 Å². The molecule has 3 aromatic heterocycles. The van der Waals surface area contributed by atoms with Crippen LogP contribution in [0.15, 0.2) is 35.4 Å². The fraction of sp³-hybridized carbons (Fsp3) is 0.364. The summed E-state index contributed by atoms with van der Waals surface area (Å²) >= 11 is 0. The number of nitrogens with zero attached hydrogens (tertiary/aromatic N) is 5. The molecule has 0 amide bonds. The van der Waals surface area contributed by atoms with E-state index in [2.05, 4.69) is 21.1 Å². The Morgan fingerprint density at radius 2 is 1.90 bits per heavy atom. The molecule has 7 heteroatoms. The zero-order valence-electron chi connectivity index (χ0n) is 17.3. The van der Waals surface area contributed by atoms with Gasteiger partial charge in [-0.05, 0) is 43.7 Å². The summed E-state index contributed by atoms with van der Waals surface area (Å²) < 4.78 is 3.76. The van der Waals surface area contributed by atoms with E-state index in [1.54, 1.807) is 0 Å². The Balaban J connectivity index is 0.000000994. The van der Waals surface area contributed by atoms with Crippen LogP contribution in [-0.4, -0.2) is 24.3 Å². The largest absolute Gasteiger partial charge is 0.383 e. The van der Waals surface area contributed by atoms with E-state index in [0.717, 1.165) is 46.0 Å². The zero-order chi connectivity index (χ0) is 20.7. The van der Waals surface area contributed by atoms with E-state index in [0.29, 0.717) is 18.0 Å². The molecule has 0 saturated heterocycles. The van der Waals surface area contributed by atoms with Crippen LogP contribution in [-0.2, 0) is 6.54 Å². The van der Waals surface area contributed by atoms with Gasteiger partial charge in [0.1, 0.15) is 12.1 Å². The summed E-state index contributed by atoms with van der Waals surface area (Å²) in [7, 11) is 0. The van der Waals surface area contributed by atoms with Crippen LogP contribution in [0.3, 0.4) is 0 Å². The van der Waals surface area contributed by atoms with Gasteiger partial charge in [-0.2, -0.15) is 5.10 Å². The second kappa shape index (κ2) is 7.31. The second-order valence-electron chi connectivity index (χ2n) is 7.28. The van der Waals surface area contributed by atoms with Gasteiger partial charge in [0, 0.05) is 11.7 Å². The van der Waals surface area contributed by atoms with Crippen molar-refractivity contribution in [3.05, 3.63) is 57.9 Å². The Kier molecular flexibility index (Phi) is 4.82. The van der Waals surface area contributed by atoms with Crippen LogP contribution >= 0.6 is 0 Å². The number of aryl methyl sites for hydroxylation is 2. The molecule has 0 unspecified atom stereocenters. The lowest BCUT2D eigenvalue weighted by molar-refractivity contribution is 0.604. The Morgan fingerprint density at radius 3 is 2.62 bits per heavy atom. The summed E-state index contributed by atoms with van der Waals surface area (Å²) in [5, 5.41) is 7.16. The number of hydrogen-bond acceptors (Lipinski definition) is 5. The summed E-state index contributed by atoms with van der Waals surface area (Å²) in [6.45, 7) is 8.36. The van der Waals surface area contributed by atoms with E-state index < -0.39 is 0 Å². The third-order valence-electron chi connectivity index (χ3n) is 5.33. The van der Waals surface area contributed by atoms with Crippen LogP contribution in [0.1, 0.15) is 49.7 Å². The topological polar surface area (TPSA) is 91.6 Å². The fourth-order valence-corrected chi connectivity index (χ4v) is 3.93. The van der Waals surface area contributed by atoms with Crippen molar-refractivity contribution in [2.45, 2.75) is 53.1 Å². The van der Waals surface area contributed by atoms with Crippen molar-refractivity contribution < 1.29 is 0 Å². The molecule has 1 aliphatic rings. The minimum absolute atomic E-state index is 0.0884. The van der Waals surface area contributed by atoms with Crippen LogP contribution in [0, 0.1) is 13.8 Å². The van der Waals surface area contributed by atoms with Crippen molar-refractivity contribution in [1.29, 1.82) is 0 Å². The zero-order valence-corrected chi connectivity index (χ0v) is 17.3. The summed E-state index contributed by atoms with van der Waals surface area (Å²) in [6.07, 6.45) is 3.53. The van der Waals surface area contributed by atoms with Crippen LogP contribution in [0.4, 0.5) is 5.82 Å². The molecule has 3 heterocycles. The normalized spacial score (nSPS) is 13.5. The Bertz CT molecular complexity index is 1270. The molecule has 0 atom stereocenters. The SMILES string of the molecule is CC.Cc1nn(Cc2cc3cccc(C)c3c(=O)n2C2CC2)c2ncnc(N)c12. The molecule has 0 aliphatic heterocycles. The molecule has 0 bridgehead atoms. The van der Waals surface area contributed by atoms with E-state index in [1.807, 2.05) is 55.1 Å². The molecule has 1 saturated carbocycles. The Labute approximate surface area is 169 Å². The van der Waals surface area contributed by atoms with Crippen molar-refractivity contribution in [1.82, 2.24) is 24.3 Å². The number of pyridine rings is 1. The van der Waals surface area contributed by atoms with Crippen LogP contribution < -0.4 is 11.3 Å². The van der Waals surface area contributed by atoms with Gasteiger partial charge in [0.05, 0.1) is 23.0 Å². The first kappa shape index (κ1) is 19.1. The van der Waals surface area contributed by atoms with Gasteiger partial charge >= 0.3 is 0 Å². The van der Waals surface area contributed by atoms with E-state index in [1.165, 1.54) is 6.33 Å². The Hall–Kier alpha value is -3.22. The summed E-state index contributed by atoms with van der Waals surface area (Å²) in [5.74, 6) is 0.428. The van der Waals surface area contributed by atoms with Crippen LogP contribution in [0.2, 0.25) is 0 Å². The summed E-state index contributed by atoms with van der Waals surface area (Å²) in [5.41, 5.74) is 9.54. The lowest BCUT2D eigenvalue weighted by Crippen LogP contribution is -2.25. The second-order valence-corrected chi connectivity index (χ2v) is 7.28. The van der Waals surface area contributed by atoms with Gasteiger partial charge in [0.2, 0.25) is 0 Å². The average Bonchev–Trinajstić information content (AvgIpc) is 3.48. The molecule has 0 radical (unpaired) electrons. The standard InChI is InChI=1S/C20H20N6O.C2H6/c1-11-4-3-5-13-8-15(26(14-6-7-14)20(27)16(11)13)9-25-19-17(12(2)24-25)18(21)22-10-23-19;1-2/h3-5,8,10,14H,6-7,9H2,1-2H3,(H2,21,22,23);1-2H3. The van der Waals surface area contributed by atoms with Gasteiger partial charge in [-0.1, -0.05) is 32.0 Å². The lowest BCUT2D eigenvalue weighted by Gasteiger charge is -2.15. The van der Waals surface area contributed by atoms with E-state index in [9.17, 15) is 4.79 Å². The average molecular weight is 390 g/mol. The predicted molar refractivity (Wildman–Crippen MR) is 116 cm³/mol. The maximum atomic E-state index is 13.3. The van der Waals surface area contributed by atoms with Gasteiger partial charge in [-0.25, -0.2) is 14.6 Å². The van der Waals surface area contributed by atoms with Gasteiger partial charge in [0.25, 0.3) is 5.56 Å². The molecular formula is C22H26N6O. The fourth-order valence-electron chi connectivity index (χ4n) is 3.93. The minimum Gasteiger partial charge on any atom is -0.383 e. The number of nitrogens with two attached hydrogens (primary N) is 1. The Morgan fingerprint density at radius 1 is 1.14 bits per heavy atom.